The van der Waals surface area contributed by atoms with Crippen molar-refractivity contribution in [1.82, 2.24) is 0 Å². The molecule has 3 rings (SSSR count). The SMILES string of the molecule is O=C1/C(=C/S(=O)c2ccccc2)Oc2ccccc21. The van der Waals surface area contributed by atoms with Crippen LogP contribution in [-0.2, 0) is 10.8 Å². The molecule has 0 saturated carbocycles. The Balaban J connectivity index is 1.92. The third-order valence-electron chi connectivity index (χ3n) is 2.76. The summed E-state index contributed by atoms with van der Waals surface area (Å²) in [5.74, 6) is 0.423. The van der Waals surface area contributed by atoms with Crippen molar-refractivity contribution in [3.63, 3.8) is 0 Å². The van der Waals surface area contributed by atoms with Gasteiger partial charge in [-0.05, 0) is 24.3 Å². The van der Waals surface area contributed by atoms with E-state index in [0.717, 1.165) is 0 Å². The molecule has 2 aromatic rings. The molecule has 19 heavy (non-hydrogen) atoms. The third-order valence-corrected chi connectivity index (χ3v) is 3.93. The van der Waals surface area contributed by atoms with Crippen LogP contribution < -0.4 is 4.74 Å². The van der Waals surface area contributed by atoms with Crippen molar-refractivity contribution in [2.24, 2.45) is 0 Å². The third kappa shape index (κ3) is 2.22. The quantitative estimate of drug-likeness (QED) is 0.788. The maximum Gasteiger partial charge on any atom is 0.232 e. The van der Waals surface area contributed by atoms with E-state index in [9.17, 15) is 9.00 Å². The summed E-state index contributed by atoms with van der Waals surface area (Å²) in [7, 11) is -1.39. The lowest BCUT2D eigenvalue weighted by Crippen LogP contribution is -2.00. The van der Waals surface area contributed by atoms with E-state index < -0.39 is 10.8 Å². The van der Waals surface area contributed by atoms with Crippen molar-refractivity contribution in [3.8, 4) is 5.75 Å². The molecule has 0 radical (unpaired) electrons. The number of fused-ring (bicyclic) bond motifs is 1. The summed E-state index contributed by atoms with van der Waals surface area (Å²) < 4.78 is 17.5. The maximum atomic E-state index is 12.1. The van der Waals surface area contributed by atoms with Crippen LogP contribution in [0.5, 0.6) is 5.75 Å². The Hall–Kier alpha value is -2.20. The molecule has 0 fully saturated rings. The Labute approximate surface area is 113 Å². The molecule has 4 heteroatoms. The molecule has 0 bridgehead atoms. The second kappa shape index (κ2) is 4.82. The van der Waals surface area contributed by atoms with E-state index in [4.69, 9.17) is 4.74 Å². The van der Waals surface area contributed by atoms with Gasteiger partial charge in [-0.1, -0.05) is 30.3 Å². The molecule has 2 aromatic carbocycles. The average molecular weight is 270 g/mol. The number of para-hydroxylation sites is 1. The Morgan fingerprint density at radius 1 is 0.947 bits per heavy atom. The van der Waals surface area contributed by atoms with Crippen molar-refractivity contribution in [2.75, 3.05) is 0 Å². The van der Waals surface area contributed by atoms with Gasteiger partial charge >= 0.3 is 0 Å². The van der Waals surface area contributed by atoms with E-state index >= 15 is 0 Å². The molecule has 0 spiro atoms. The fourth-order valence-electron chi connectivity index (χ4n) is 1.84. The van der Waals surface area contributed by atoms with Crippen molar-refractivity contribution >= 4 is 16.6 Å². The summed E-state index contributed by atoms with van der Waals surface area (Å²) in [6, 6.07) is 15.9. The minimum Gasteiger partial charge on any atom is -0.452 e. The molecule has 1 aliphatic heterocycles. The standard InChI is InChI=1S/C15H10O3S/c16-15-12-8-4-5-9-13(12)18-14(15)10-19(17)11-6-2-1-3-7-11/h1-10H/b14-10-. The highest BCUT2D eigenvalue weighted by Crippen LogP contribution is 2.30. The van der Waals surface area contributed by atoms with E-state index in [1.165, 1.54) is 5.41 Å². The molecule has 0 saturated heterocycles. The van der Waals surface area contributed by atoms with E-state index in [1.807, 2.05) is 6.07 Å². The molecule has 1 heterocycles. The number of carbonyl (C=O) groups excluding carboxylic acids is 1. The van der Waals surface area contributed by atoms with Crippen LogP contribution in [-0.4, -0.2) is 9.99 Å². The number of ketones is 1. The highest BCUT2D eigenvalue weighted by atomic mass is 32.2. The summed E-state index contributed by atoms with van der Waals surface area (Å²) in [5, 5.41) is 1.36. The van der Waals surface area contributed by atoms with Crippen molar-refractivity contribution in [3.05, 3.63) is 71.3 Å². The van der Waals surface area contributed by atoms with Gasteiger partial charge in [-0.15, -0.1) is 0 Å². The highest BCUT2D eigenvalue weighted by Gasteiger charge is 2.27. The smallest absolute Gasteiger partial charge is 0.232 e. The van der Waals surface area contributed by atoms with Crippen LogP contribution in [0.4, 0.5) is 0 Å². The monoisotopic (exact) mass is 270 g/mol. The molecular weight excluding hydrogens is 260 g/mol. The topological polar surface area (TPSA) is 43.4 Å². The Morgan fingerprint density at radius 3 is 2.37 bits per heavy atom. The number of ether oxygens (including phenoxy) is 1. The fourth-order valence-corrected chi connectivity index (χ4v) is 2.75. The molecule has 94 valence electrons. The van der Waals surface area contributed by atoms with Crippen LogP contribution in [0.25, 0.3) is 0 Å². The van der Waals surface area contributed by atoms with Gasteiger partial charge in [-0.25, -0.2) is 4.21 Å². The Morgan fingerprint density at radius 2 is 1.63 bits per heavy atom. The summed E-state index contributed by atoms with van der Waals surface area (Å²) in [6.45, 7) is 0. The van der Waals surface area contributed by atoms with E-state index in [2.05, 4.69) is 0 Å². The first-order chi connectivity index (χ1) is 9.25. The molecule has 0 amide bonds. The lowest BCUT2D eigenvalue weighted by atomic mass is 10.1. The Kier molecular flexibility index (Phi) is 3.01. The summed E-state index contributed by atoms with van der Waals surface area (Å²) in [6.07, 6.45) is 0. The first kappa shape index (κ1) is 11.9. The van der Waals surface area contributed by atoms with Crippen LogP contribution in [0.2, 0.25) is 0 Å². The zero-order valence-electron chi connectivity index (χ0n) is 9.91. The van der Waals surface area contributed by atoms with Gasteiger partial charge in [0.1, 0.15) is 5.75 Å². The minimum atomic E-state index is -1.39. The van der Waals surface area contributed by atoms with Gasteiger partial charge < -0.3 is 4.74 Å². The van der Waals surface area contributed by atoms with Gasteiger partial charge in [0.15, 0.2) is 5.76 Å². The molecule has 0 aliphatic carbocycles. The zero-order valence-corrected chi connectivity index (χ0v) is 10.7. The number of benzene rings is 2. The number of allylic oxidation sites excluding steroid dienone is 1. The van der Waals surface area contributed by atoms with E-state index in [0.29, 0.717) is 16.2 Å². The second-order valence-electron chi connectivity index (χ2n) is 4.02. The van der Waals surface area contributed by atoms with Gasteiger partial charge in [0.2, 0.25) is 5.78 Å². The van der Waals surface area contributed by atoms with Crippen LogP contribution in [0.3, 0.4) is 0 Å². The van der Waals surface area contributed by atoms with Crippen molar-refractivity contribution in [2.45, 2.75) is 4.90 Å². The summed E-state index contributed by atoms with van der Waals surface area (Å²) in [5.41, 5.74) is 0.513. The number of hydrogen-bond acceptors (Lipinski definition) is 3. The molecule has 1 aliphatic rings. The van der Waals surface area contributed by atoms with Crippen LogP contribution in [0, 0.1) is 0 Å². The van der Waals surface area contributed by atoms with Crippen LogP contribution in [0.1, 0.15) is 10.4 Å². The molecular formula is C15H10O3S. The average Bonchev–Trinajstić information content (AvgIpc) is 2.77. The van der Waals surface area contributed by atoms with Gasteiger partial charge in [0.25, 0.3) is 0 Å². The lowest BCUT2D eigenvalue weighted by Gasteiger charge is -1.98. The summed E-state index contributed by atoms with van der Waals surface area (Å²) in [4.78, 5) is 12.7. The highest BCUT2D eigenvalue weighted by molar-refractivity contribution is 7.88. The van der Waals surface area contributed by atoms with Gasteiger partial charge in [0.05, 0.1) is 21.8 Å². The Bertz CT molecular complexity index is 690. The minimum absolute atomic E-state index is 0.128. The van der Waals surface area contributed by atoms with Gasteiger partial charge in [-0.2, -0.15) is 0 Å². The predicted molar refractivity (Wildman–Crippen MR) is 72.3 cm³/mol. The molecule has 0 aromatic heterocycles. The number of Topliss-reactive ketones (excluding diaryl/α,β-unsaturated/α-hetero) is 1. The molecule has 1 unspecified atom stereocenters. The van der Waals surface area contributed by atoms with Gasteiger partial charge in [-0.3, -0.25) is 4.79 Å². The van der Waals surface area contributed by atoms with Crippen molar-refractivity contribution in [1.29, 1.82) is 0 Å². The van der Waals surface area contributed by atoms with Gasteiger partial charge in [0, 0.05) is 4.90 Å². The van der Waals surface area contributed by atoms with Crippen LogP contribution in [0.15, 0.2) is 70.7 Å². The van der Waals surface area contributed by atoms with Crippen LogP contribution >= 0.6 is 0 Å². The van der Waals surface area contributed by atoms with E-state index in [1.54, 1.807) is 48.5 Å². The predicted octanol–water partition coefficient (Wildman–Crippen LogP) is 2.91. The lowest BCUT2D eigenvalue weighted by molar-refractivity contribution is 0.101. The fraction of sp³-hybridized carbons (Fsp3) is 0. The first-order valence-electron chi connectivity index (χ1n) is 5.75. The zero-order chi connectivity index (χ0) is 13.2. The molecule has 1 atom stereocenters. The van der Waals surface area contributed by atoms with Crippen molar-refractivity contribution < 1.29 is 13.7 Å². The number of rotatable bonds is 2. The normalized spacial score (nSPS) is 17.1. The number of hydrogen-bond donors (Lipinski definition) is 0. The summed E-state index contributed by atoms with van der Waals surface area (Å²) >= 11 is 0. The number of carbonyl (C=O) groups is 1. The first-order valence-corrected chi connectivity index (χ1v) is 6.96. The maximum absolute atomic E-state index is 12.1. The molecule has 3 nitrogen and oxygen atoms in total. The largest absolute Gasteiger partial charge is 0.452 e. The molecule has 0 N–H and O–H groups in total. The second-order valence-corrected chi connectivity index (χ2v) is 5.32. The van der Waals surface area contributed by atoms with E-state index in [-0.39, 0.29) is 11.5 Å².